The molecule has 0 aliphatic carbocycles. The molecule has 8 heteroatoms. The van der Waals surface area contributed by atoms with Gasteiger partial charge in [-0.3, -0.25) is 14.4 Å². The van der Waals surface area contributed by atoms with Crippen LogP contribution in [0.3, 0.4) is 0 Å². The van der Waals surface area contributed by atoms with Crippen molar-refractivity contribution in [1.29, 1.82) is 0 Å². The van der Waals surface area contributed by atoms with Crippen LogP contribution >= 0.6 is 11.8 Å². The van der Waals surface area contributed by atoms with Crippen LogP contribution in [0.5, 0.6) is 0 Å². The van der Waals surface area contributed by atoms with E-state index in [1.165, 1.54) is 17.8 Å². The lowest BCUT2D eigenvalue weighted by Crippen LogP contribution is -2.50. The summed E-state index contributed by atoms with van der Waals surface area (Å²) >= 11 is 1.24. The summed E-state index contributed by atoms with van der Waals surface area (Å²) in [4.78, 5) is 40.6. The molecule has 0 saturated carbocycles. The molecule has 3 amide bonds. The number of para-hydroxylation sites is 1. The maximum absolute atomic E-state index is 13.7. The van der Waals surface area contributed by atoms with Crippen molar-refractivity contribution in [2.45, 2.75) is 29.9 Å². The number of hydrogen-bond acceptors (Lipinski definition) is 4. The zero-order valence-corrected chi connectivity index (χ0v) is 17.3. The predicted molar refractivity (Wildman–Crippen MR) is 114 cm³/mol. The maximum Gasteiger partial charge on any atom is 0.247 e. The van der Waals surface area contributed by atoms with Crippen LogP contribution in [0.2, 0.25) is 0 Å². The summed E-state index contributed by atoms with van der Waals surface area (Å²) in [5.41, 5.74) is 1.61. The first-order valence-corrected chi connectivity index (χ1v) is 10.7. The molecule has 2 aromatic carbocycles. The Morgan fingerprint density at radius 1 is 1.23 bits per heavy atom. The first-order chi connectivity index (χ1) is 14.4. The molecule has 0 bridgehead atoms. The average molecular weight is 428 g/mol. The molecule has 156 valence electrons. The standard InChI is InChI=1S/C22H22FN3O3S/c1-13-8-9-15(11-16(13)23)24-20(27)14-5-4-10-26(12-14)22(29)19-21(28)25-17-6-2-3-7-18(17)30-19/h2-3,6-9,11,14,19H,4-5,10,12H2,1H3,(H,24,27)(H,25,28)/t14-,19-/m1/s1. The van der Waals surface area contributed by atoms with Gasteiger partial charge in [0.2, 0.25) is 17.7 Å². The number of carbonyl (C=O) groups excluding carboxylic acids is 3. The molecule has 30 heavy (non-hydrogen) atoms. The number of rotatable bonds is 3. The van der Waals surface area contributed by atoms with Crippen molar-refractivity contribution in [2.24, 2.45) is 5.92 Å². The van der Waals surface area contributed by atoms with Gasteiger partial charge in [0.1, 0.15) is 5.82 Å². The fraction of sp³-hybridized carbons (Fsp3) is 0.318. The quantitative estimate of drug-likeness (QED) is 0.736. The summed E-state index contributed by atoms with van der Waals surface area (Å²) in [6, 6.07) is 11.9. The molecule has 2 atom stereocenters. The van der Waals surface area contributed by atoms with E-state index in [4.69, 9.17) is 0 Å². The van der Waals surface area contributed by atoms with Crippen molar-refractivity contribution in [2.75, 3.05) is 23.7 Å². The summed E-state index contributed by atoms with van der Waals surface area (Å²) in [6.45, 7) is 2.40. The molecule has 2 aliphatic rings. The molecule has 2 aromatic rings. The van der Waals surface area contributed by atoms with Crippen LogP contribution in [0.25, 0.3) is 0 Å². The van der Waals surface area contributed by atoms with Crippen molar-refractivity contribution < 1.29 is 18.8 Å². The van der Waals surface area contributed by atoms with Crippen molar-refractivity contribution in [3.05, 3.63) is 53.8 Å². The summed E-state index contributed by atoms with van der Waals surface area (Å²) in [6.07, 6.45) is 1.30. The summed E-state index contributed by atoms with van der Waals surface area (Å²) in [7, 11) is 0. The maximum atomic E-state index is 13.7. The third kappa shape index (κ3) is 4.18. The summed E-state index contributed by atoms with van der Waals surface area (Å²) < 4.78 is 13.7. The van der Waals surface area contributed by atoms with Crippen LogP contribution in [0, 0.1) is 18.7 Å². The third-order valence-corrected chi connectivity index (χ3v) is 6.66. The Hall–Kier alpha value is -2.87. The van der Waals surface area contributed by atoms with E-state index in [0.717, 1.165) is 4.90 Å². The first kappa shape index (κ1) is 20.4. The van der Waals surface area contributed by atoms with Gasteiger partial charge in [-0.1, -0.05) is 18.2 Å². The number of aryl methyl sites for hydroxylation is 1. The second-order valence-electron chi connectivity index (χ2n) is 7.56. The van der Waals surface area contributed by atoms with Crippen LogP contribution < -0.4 is 10.6 Å². The Morgan fingerprint density at radius 3 is 2.83 bits per heavy atom. The normalized spacial score (nSPS) is 20.9. The number of anilines is 2. The number of piperidine rings is 1. The number of nitrogens with one attached hydrogen (secondary N) is 2. The molecule has 2 aliphatic heterocycles. The predicted octanol–water partition coefficient (Wildman–Crippen LogP) is 3.42. The van der Waals surface area contributed by atoms with Gasteiger partial charge in [0.15, 0.2) is 5.25 Å². The van der Waals surface area contributed by atoms with Gasteiger partial charge in [-0.25, -0.2) is 4.39 Å². The van der Waals surface area contributed by atoms with E-state index in [1.54, 1.807) is 30.0 Å². The van der Waals surface area contributed by atoms with Crippen LogP contribution in [0.1, 0.15) is 18.4 Å². The number of carbonyl (C=O) groups is 3. The molecule has 0 aromatic heterocycles. The minimum Gasteiger partial charge on any atom is -0.340 e. The SMILES string of the molecule is Cc1ccc(NC(=O)[C@@H]2CCCN(C(=O)[C@@H]3Sc4ccccc4NC3=O)C2)cc1F. The largest absolute Gasteiger partial charge is 0.340 e. The first-order valence-electron chi connectivity index (χ1n) is 9.85. The third-order valence-electron chi connectivity index (χ3n) is 5.40. The van der Waals surface area contributed by atoms with Crippen LogP contribution in [0.15, 0.2) is 47.4 Å². The number of fused-ring (bicyclic) bond motifs is 1. The Balaban J connectivity index is 1.42. The van der Waals surface area contributed by atoms with Gasteiger partial charge in [-0.15, -0.1) is 11.8 Å². The van der Waals surface area contributed by atoms with E-state index in [-0.39, 0.29) is 30.1 Å². The lowest BCUT2D eigenvalue weighted by atomic mass is 9.96. The van der Waals surface area contributed by atoms with Gasteiger partial charge in [-0.05, 0) is 49.6 Å². The second-order valence-corrected chi connectivity index (χ2v) is 8.71. The van der Waals surface area contributed by atoms with E-state index in [0.29, 0.717) is 36.3 Å². The molecule has 6 nitrogen and oxygen atoms in total. The number of benzene rings is 2. The molecule has 0 unspecified atom stereocenters. The van der Waals surface area contributed by atoms with E-state index < -0.39 is 11.2 Å². The Kier molecular flexibility index (Phi) is 5.76. The van der Waals surface area contributed by atoms with Crippen LogP contribution in [0.4, 0.5) is 15.8 Å². The lowest BCUT2D eigenvalue weighted by Gasteiger charge is -2.35. The van der Waals surface area contributed by atoms with Gasteiger partial charge < -0.3 is 15.5 Å². The molecule has 2 heterocycles. The molecule has 4 rings (SSSR count). The van der Waals surface area contributed by atoms with E-state index >= 15 is 0 Å². The van der Waals surface area contributed by atoms with Gasteiger partial charge in [0.05, 0.1) is 11.6 Å². The van der Waals surface area contributed by atoms with Crippen LogP contribution in [-0.4, -0.2) is 41.0 Å². The summed E-state index contributed by atoms with van der Waals surface area (Å²) in [5.74, 6) is -1.66. The highest BCUT2D eigenvalue weighted by atomic mass is 32.2. The van der Waals surface area contributed by atoms with Crippen molar-refractivity contribution in [1.82, 2.24) is 4.90 Å². The Bertz CT molecular complexity index is 1010. The topological polar surface area (TPSA) is 78.5 Å². The number of likely N-dealkylation sites (tertiary alicyclic amines) is 1. The number of nitrogens with zero attached hydrogens (tertiary/aromatic N) is 1. The van der Waals surface area contributed by atoms with E-state index in [9.17, 15) is 18.8 Å². The zero-order chi connectivity index (χ0) is 21.3. The lowest BCUT2D eigenvalue weighted by molar-refractivity contribution is -0.136. The van der Waals surface area contributed by atoms with Gasteiger partial charge >= 0.3 is 0 Å². The minimum atomic E-state index is -0.868. The molecule has 0 radical (unpaired) electrons. The number of amides is 3. The second kappa shape index (κ2) is 8.47. The minimum absolute atomic E-state index is 0.241. The van der Waals surface area contributed by atoms with Gasteiger partial charge in [0, 0.05) is 23.7 Å². The van der Waals surface area contributed by atoms with Gasteiger partial charge in [-0.2, -0.15) is 0 Å². The monoisotopic (exact) mass is 427 g/mol. The molecule has 2 N–H and O–H groups in total. The average Bonchev–Trinajstić information content (AvgIpc) is 2.75. The molecule has 0 spiro atoms. The van der Waals surface area contributed by atoms with Crippen molar-refractivity contribution in [3.63, 3.8) is 0 Å². The highest BCUT2D eigenvalue weighted by Gasteiger charge is 2.38. The van der Waals surface area contributed by atoms with Crippen molar-refractivity contribution >= 4 is 40.9 Å². The highest BCUT2D eigenvalue weighted by molar-refractivity contribution is 8.01. The number of halogens is 1. The van der Waals surface area contributed by atoms with Crippen molar-refractivity contribution in [3.8, 4) is 0 Å². The fourth-order valence-corrected chi connectivity index (χ4v) is 4.76. The zero-order valence-electron chi connectivity index (χ0n) is 16.5. The van der Waals surface area contributed by atoms with Gasteiger partial charge in [0.25, 0.3) is 0 Å². The fourth-order valence-electron chi connectivity index (χ4n) is 3.69. The molecular weight excluding hydrogens is 405 g/mol. The molecule has 1 saturated heterocycles. The number of hydrogen-bond donors (Lipinski definition) is 2. The Morgan fingerprint density at radius 2 is 2.03 bits per heavy atom. The number of thioether (sulfide) groups is 1. The van der Waals surface area contributed by atoms with E-state index in [2.05, 4.69) is 10.6 Å². The molecular formula is C22H22FN3O3S. The van der Waals surface area contributed by atoms with E-state index in [1.807, 2.05) is 18.2 Å². The molecule has 1 fully saturated rings. The van der Waals surface area contributed by atoms with Crippen LogP contribution in [-0.2, 0) is 14.4 Å². The summed E-state index contributed by atoms with van der Waals surface area (Å²) in [5, 5.41) is 4.66. The smallest absolute Gasteiger partial charge is 0.247 e. The Labute approximate surface area is 178 Å². The highest BCUT2D eigenvalue weighted by Crippen LogP contribution is 2.36.